The van der Waals surface area contributed by atoms with Gasteiger partial charge in [0.2, 0.25) is 0 Å². The molecule has 0 saturated carbocycles. The maximum atomic E-state index is 13.2. The van der Waals surface area contributed by atoms with Gasteiger partial charge in [-0.2, -0.15) is 0 Å². The van der Waals surface area contributed by atoms with E-state index in [0.717, 1.165) is 70.1 Å². The summed E-state index contributed by atoms with van der Waals surface area (Å²) in [5, 5.41) is 0. The van der Waals surface area contributed by atoms with Gasteiger partial charge in [0.05, 0.1) is 12.0 Å². The molecule has 3 aliphatic rings. The number of hydrogen-bond donors (Lipinski definition) is 1. The lowest BCUT2D eigenvalue weighted by Gasteiger charge is -2.37. The van der Waals surface area contributed by atoms with E-state index < -0.39 is 11.9 Å². The van der Waals surface area contributed by atoms with Crippen molar-refractivity contribution in [2.75, 3.05) is 26.2 Å². The first-order chi connectivity index (χ1) is 18.1. The van der Waals surface area contributed by atoms with Crippen LogP contribution in [0.1, 0.15) is 66.4 Å². The monoisotopic (exact) mass is 504 g/mol. The smallest absolute Gasteiger partial charge is 0.267 e. The Labute approximate surface area is 218 Å². The molecule has 0 radical (unpaired) electrons. The Balaban J connectivity index is 1.16. The van der Waals surface area contributed by atoms with Crippen molar-refractivity contribution in [1.82, 2.24) is 10.4 Å². The van der Waals surface area contributed by atoms with Crippen molar-refractivity contribution in [3.05, 3.63) is 71.3 Å². The highest BCUT2D eigenvalue weighted by Gasteiger charge is 2.41. The van der Waals surface area contributed by atoms with Gasteiger partial charge in [0.1, 0.15) is 11.4 Å². The van der Waals surface area contributed by atoms with Gasteiger partial charge < -0.3 is 14.4 Å². The van der Waals surface area contributed by atoms with Crippen LogP contribution in [0.15, 0.2) is 54.6 Å². The average molecular weight is 505 g/mol. The molecule has 2 unspecified atom stereocenters. The van der Waals surface area contributed by atoms with Crippen LogP contribution in [-0.4, -0.2) is 54.7 Å². The number of amides is 1. The average Bonchev–Trinajstić information content (AvgIpc) is 3.12. The van der Waals surface area contributed by atoms with E-state index in [4.69, 9.17) is 14.3 Å². The molecule has 3 heterocycles. The highest BCUT2D eigenvalue weighted by atomic mass is 16.8. The highest BCUT2D eigenvalue weighted by molar-refractivity contribution is 6.01. The number of nitrogens with zero attached hydrogens (tertiary/aromatic N) is 1. The van der Waals surface area contributed by atoms with Gasteiger partial charge in [-0.05, 0) is 68.0 Å². The van der Waals surface area contributed by atoms with Crippen molar-refractivity contribution in [2.45, 2.75) is 63.3 Å². The number of hydrogen-bond acceptors (Lipinski definition) is 6. The quantitative estimate of drug-likeness (QED) is 0.435. The second-order valence-corrected chi connectivity index (χ2v) is 10.3. The molecule has 7 nitrogen and oxygen atoms in total. The summed E-state index contributed by atoms with van der Waals surface area (Å²) in [6.45, 7) is 3.63. The number of hydroxylamine groups is 1. The molecule has 5 rings (SSSR count). The third kappa shape index (κ3) is 6.86. The summed E-state index contributed by atoms with van der Waals surface area (Å²) < 4.78 is 12.0. The Morgan fingerprint density at radius 2 is 2.00 bits per heavy atom. The largest absolute Gasteiger partial charge is 0.486 e. The van der Waals surface area contributed by atoms with Crippen molar-refractivity contribution < 1.29 is 23.9 Å². The Bertz CT molecular complexity index is 1110. The van der Waals surface area contributed by atoms with Crippen molar-refractivity contribution in [3.63, 3.8) is 0 Å². The molecule has 2 saturated heterocycles. The van der Waals surface area contributed by atoms with E-state index in [1.807, 2.05) is 24.3 Å². The van der Waals surface area contributed by atoms with Crippen molar-refractivity contribution in [3.8, 4) is 5.75 Å². The number of ether oxygens (including phenoxy) is 2. The lowest BCUT2D eigenvalue weighted by atomic mass is 9.84. The molecule has 2 fully saturated rings. The topological polar surface area (TPSA) is 77.1 Å². The van der Waals surface area contributed by atoms with Crippen LogP contribution in [-0.2, 0) is 20.8 Å². The first kappa shape index (κ1) is 25.6. The zero-order valence-corrected chi connectivity index (χ0v) is 21.3. The molecule has 0 bridgehead atoms. The van der Waals surface area contributed by atoms with Gasteiger partial charge in [-0.25, -0.2) is 10.3 Å². The molecular formula is C30H36N2O5. The fourth-order valence-corrected chi connectivity index (χ4v) is 5.41. The summed E-state index contributed by atoms with van der Waals surface area (Å²) in [6.07, 6.45) is 9.66. The van der Waals surface area contributed by atoms with E-state index in [9.17, 15) is 9.59 Å². The molecule has 0 aromatic heterocycles. The normalized spacial score (nSPS) is 24.4. The Morgan fingerprint density at radius 3 is 2.84 bits per heavy atom. The van der Waals surface area contributed by atoms with E-state index in [1.165, 1.54) is 11.6 Å². The number of nitrogens with one attached hydrogen (secondary N) is 1. The van der Waals surface area contributed by atoms with Crippen LogP contribution in [0.2, 0.25) is 0 Å². The molecule has 0 aliphatic carbocycles. The minimum atomic E-state index is -0.429. The van der Waals surface area contributed by atoms with Gasteiger partial charge >= 0.3 is 0 Å². The lowest BCUT2D eigenvalue weighted by molar-refractivity contribution is -0.198. The minimum absolute atomic E-state index is 0.108. The summed E-state index contributed by atoms with van der Waals surface area (Å²) in [5.41, 5.74) is 4.69. The van der Waals surface area contributed by atoms with Gasteiger partial charge in [-0.3, -0.25) is 9.59 Å². The van der Waals surface area contributed by atoms with Crippen molar-refractivity contribution in [1.29, 1.82) is 0 Å². The molecule has 37 heavy (non-hydrogen) atoms. The maximum absolute atomic E-state index is 13.2. The van der Waals surface area contributed by atoms with E-state index in [-0.39, 0.29) is 11.7 Å². The first-order valence-corrected chi connectivity index (χ1v) is 13.5. The number of rotatable bonds is 7. The number of likely N-dealkylation sites (tertiary alicyclic amines) is 1. The summed E-state index contributed by atoms with van der Waals surface area (Å²) in [6, 6.07) is 16.1. The molecule has 1 amide bonds. The summed E-state index contributed by atoms with van der Waals surface area (Å²) in [5.74, 6) is 0.383. The zero-order chi connectivity index (χ0) is 25.5. The second-order valence-electron chi connectivity index (χ2n) is 10.3. The molecule has 1 N–H and O–H groups in total. The molecule has 196 valence electrons. The van der Waals surface area contributed by atoms with Crippen molar-refractivity contribution in [2.24, 2.45) is 0 Å². The van der Waals surface area contributed by atoms with E-state index in [0.29, 0.717) is 24.3 Å². The predicted octanol–water partition coefficient (Wildman–Crippen LogP) is 4.71. The van der Waals surface area contributed by atoms with Crippen LogP contribution in [0.5, 0.6) is 5.75 Å². The third-order valence-corrected chi connectivity index (χ3v) is 7.52. The number of benzene rings is 2. The van der Waals surface area contributed by atoms with Crippen LogP contribution in [0.3, 0.4) is 0 Å². The Kier molecular flexibility index (Phi) is 8.34. The lowest BCUT2D eigenvalue weighted by Crippen LogP contribution is -2.43. The first-order valence-electron chi connectivity index (χ1n) is 13.5. The number of Topliss-reactive ketones (excluding diaryl/α,β-unsaturated/α-hetero) is 1. The summed E-state index contributed by atoms with van der Waals surface area (Å²) in [7, 11) is 0. The number of carbonyl (C=O) groups is 2. The van der Waals surface area contributed by atoms with E-state index in [1.54, 1.807) is 6.08 Å². The summed E-state index contributed by atoms with van der Waals surface area (Å²) >= 11 is 0. The van der Waals surface area contributed by atoms with Gasteiger partial charge in [0.15, 0.2) is 12.1 Å². The molecule has 3 aliphatic heterocycles. The maximum Gasteiger partial charge on any atom is 0.267 e. The summed E-state index contributed by atoms with van der Waals surface area (Å²) in [4.78, 5) is 33.1. The van der Waals surface area contributed by atoms with Crippen LogP contribution in [0.25, 0.3) is 6.08 Å². The fourth-order valence-electron chi connectivity index (χ4n) is 5.41. The van der Waals surface area contributed by atoms with Gasteiger partial charge in [-0.15, -0.1) is 0 Å². The second kappa shape index (κ2) is 12.0. The molecular weight excluding hydrogens is 468 g/mol. The number of carbonyl (C=O) groups excluding carboxylic acids is 2. The Hall–Kier alpha value is -3.00. The van der Waals surface area contributed by atoms with Crippen LogP contribution in [0.4, 0.5) is 0 Å². The van der Waals surface area contributed by atoms with Crippen LogP contribution < -0.4 is 10.2 Å². The van der Waals surface area contributed by atoms with Gasteiger partial charge in [-0.1, -0.05) is 36.4 Å². The molecule has 2 aromatic rings. The van der Waals surface area contributed by atoms with Crippen molar-refractivity contribution >= 4 is 17.8 Å². The Morgan fingerprint density at radius 1 is 1.11 bits per heavy atom. The predicted molar refractivity (Wildman–Crippen MR) is 141 cm³/mol. The van der Waals surface area contributed by atoms with Gasteiger partial charge in [0, 0.05) is 38.6 Å². The number of fused-ring (bicyclic) bond motifs is 1. The molecule has 2 atom stereocenters. The molecule has 1 spiro atoms. The fraction of sp³-hybridized carbons (Fsp3) is 0.467. The SMILES string of the molecule is O=C(C=Cc1ccc2c(c1)C(=O)CC1(CCCN(CCc3ccccc3)CC1)O2)NOC1CCCCO1. The standard InChI is InChI=1S/C30H36N2O5/c33-26-22-30(15-6-17-32(19-16-30)18-14-23-7-2-1-3-8-23)36-27-12-10-24(21-25(26)27)11-13-28(34)31-37-29-9-4-5-20-35-29/h1-3,7-8,10-13,21,29H,4-6,9,14-20,22H2,(H,31,34). The van der Waals surface area contributed by atoms with E-state index >= 15 is 0 Å². The number of ketones is 1. The van der Waals surface area contributed by atoms with Crippen LogP contribution in [0, 0.1) is 0 Å². The van der Waals surface area contributed by atoms with Gasteiger partial charge in [0.25, 0.3) is 5.91 Å². The highest BCUT2D eigenvalue weighted by Crippen LogP contribution is 2.39. The third-order valence-electron chi connectivity index (χ3n) is 7.52. The van der Waals surface area contributed by atoms with Crippen LogP contribution >= 0.6 is 0 Å². The zero-order valence-electron chi connectivity index (χ0n) is 21.3. The molecule has 7 heteroatoms. The van der Waals surface area contributed by atoms with E-state index in [2.05, 4.69) is 34.6 Å². The minimum Gasteiger partial charge on any atom is -0.486 e. The molecule has 2 aromatic carbocycles.